The molecule has 0 aliphatic carbocycles. The van der Waals surface area contributed by atoms with Crippen LogP contribution in [0.25, 0.3) is 22.2 Å². The van der Waals surface area contributed by atoms with Crippen molar-refractivity contribution >= 4 is 39.8 Å². The Labute approximate surface area is 321 Å². The smallest absolute Gasteiger partial charge is 0.227 e. The first-order chi connectivity index (χ1) is 26.3. The molecule has 0 amide bonds. The number of likely N-dealkylation sites (N-methyl/N-ethyl adjacent to an activating group) is 2. The average molecular weight is 749 g/mol. The maximum absolute atomic E-state index is 6.85. The number of hydrogen-bond acceptors (Lipinski definition) is 10. The van der Waals surface area contributed by atoms with Crippen molar-refractivity contribution in [1.82, 2.24) is 19.4 Å². The maximum atomic E-state index is 6.85. The Kier molecular flexibility index (Phi) is 11.5. The van der Waals surface area contributed by atoms with Crippen LogP contribution in [-0.2, 0) is 22.6 Å². The third kappa shape index (κ3) is 8.24. The molecule has 54 heavy (non-hydrogen) atoms. The molecule has 4 aromatic carbocycles. The molecule has 1 fully saturated rings. The van der Waals surface area contributed by atoms with Crippen LogP contribution in [0.15, 0.2) is 97.3 Å². The molecule has 7 rings (SSSR count). The number of fused-ring (bicyclic) bond motifs is 1. The van der Waals surface area contributed by atoms with E-state index in [1.165, 1.54) is 0 Å². The van der Waals surface area contributed by atoms with Crippen LogP contribution < -0.4 is 24.4 Å². The van der Waals surface area contributed by atoms with Gasteiger partial charge in [0.1, 0.15) is 23.9 Å². The lowest BCUT2D eigenvalue weighted by Crippen LogP contribution is -2.28. The second-order valence-corrected chi connectivity index (χ2v) is 13.8. The van der Waals surface area contributed by atoms with Gasteiger partial charge in [-0.25, -0.2) is 9.97 Å². The van der Waals surface area contributed by atoms with Crippen molar-refractivity contribution in [3.63, 3.8) is 0 Å². The largest absolute Gasteiger partial charge is 0.497 e. The number of benzene rings is 4. The lowest BCUT2D eigenvalue weighted by Gasteiger charge is -2.23. The lowest BCUT2D eigenvalue weighted by molar-refractivity contribution is -0.0465. The summed E-state index contributed by atoms with van der Waals surface area (Å²) in [4.78, 5) is 13.8. The van der Waals surface area contributed by atoms with Crippen molar-refractivity contribution < 1.29 is 23.7 Å². The van der Waals surface area contributed by atoms with E-state index in [-0.39, 0.29) is 0 Å². The van der Waals surface area contributed by atoms with Crippen LogP contribution in [0.5, 0.6) is 17.2 Å². The minimum absolute atomic E-state index is 0.385. The summed E-state index contributed by atoms with van der Waals surface area (Å²) in [6.45, 7) is 3.76. The molecule has 1 N–H and O–H groups in total. The first-order valence-electron chi connectivity index (χ1n) is 17.8. The highest BCUT2D eigenvalue weighted by Gasteiger charge is 2.26. The molecule has 0 spiro atoms. The number of methoxy groups -OCH3 is 2. The summed E-state index contributed by atoms with van der Waals surface area (Å²) in [6, 6.07) is 28.2. The summed E-state index contributed by atoms with van der Waals surface area (Å²) in [7, 11) is 9.52. The Morgan fingerprint density at radius 2 is 1.69 bits per heavy atom. The van der Waals surface area contributed by atoms with Gasteiger partial charge in [0.25, 0.3) is 0 Å². The van der Waals surface area contributed by atoms with Gasteiger partial charge in [0, 0.05) is 61.1 Å². The van der Waals surface area contributed by atoms with Crippen molar-refractivity contribution in [3.05, 3.63) is 119 Å². The standard InChI is InChI=1S/C42H45ClN6O5/c1-47(2)19-20-48(3)30-15-18-35(38(23-30)51-5)45-42-44-24-34(43)40(46-42)33-26-49(36-11-7-6-10-32(33)36)25-29-9-8-12-37(39(29)41-52-21-22-53-41)54-27-28-13-16-31(50-4)17-14-28/h6-18,23-24,26,41H,19-22,25,27H2,1-5H3,(H,44,45,46). The van der Waals surface area contributed by atoms with Crippen molar-refractivity contribution in [2.75, 3.05) is 71.9 Å². The van der Waals surface area contributed by atoms with Crippen molar-refractivity contribution in [1.29, 1.82) is 0 Å². The summed E-state index contributed by atoms with van der Waals surface area (Å²) < 4.78 is 31.8. The molecule has 1 aliphatic rings. The monoisotopic (exact) mass is 748 g/mol. The van der Waals surface area contributed by atoms with Crippen molar-refractivity contribution in [2.24, 2.45) is 0 Å². The molecule has 3 heterocycles. The predicted molar refractivity (Wildman–Crippen MR) is 214 cm³/mol. The van der Waals surface area contributed by atoms with E-state index in [2.05, 4.69) is 76.3 Å². The van der Waals surface area contributed by atoms with Crippen molar-refractivity contribution in [3.8, 4) is 28.5 Å². The van der Waals surface area contributed by atoms with Gasteiger partial charge in [0.05, 0.1) is 55.6 Å². The van der Waals surface area contributed by atoms with Gasteiger partial charge in [-0.1, -0.05) is 54.1 Å². The van der Waals surface area contributed by atoms with Gasteiger partial charge in [-0.3, -0.25) is 0 Å². The molecule has 1 aliphatic heterocycles. The van der Waals surface area contributed by atoms with Gasteiger partial charge in [-0.2, -0.15) is 0 Å². The quantitative estimate of drug-likeness (QED) is 0.111. The number of ether oxygens (including phenoxy) is 5. The van der Waals surface area contributed by atoms with E-state index in [1.54, 1.807) is 20.4 Å². The minimum Gasteiger partial charge on any atom is -0.497 e. The van der Waals surface area contributed by atoms with E-state index in [4.69, 9.17) is 40.3 Å². The zero-order valence-electron chi connectivity index (χ0n) is 31.2. The Balaban J connectivity index is 1.19. The Morgan fingerprint density at radius 3 is 2.44 bits per heavy atom. The molecule has 1 saturated heterocycles. The molecule has 0 bridgehead atoms. The molecular formula is C42H45ClN6O5. The number of hydrogen-bond donors (Lipinski definition) is 1. The highest BCUT2D eigenvalue weighted by molar-refractivity contribution is 6.33. The molecule has 0 radical (unpaired) electrons. The molecule has 11 nitrogen and oxygen atoms in total. The van der Waals surface area contributed by atoms with Crippen LogP contribution in [0.1, 0.15) is 23.0 Å². The van der Waals surface area contributed by atoms with E-state index in [1.807, 2.05) is 60.7 Å². The average Bonchev–Trinajstić information content (AvgIpc) is 3.86. The second-order valence-electron chi connectivity index (χ2n) is 13.4. The van der Waals surface area contributed by atoms with E-state index in [0.717, 1.165) is 63.4 Å². The molecular weight excluding hydrogens is 704 g/mol. The fourth-order valence-electron chi connectivity index (χ4n) is 6.51. The number of aromatic nitrogens is 3. The highest BCUT2D eigenvalue weighted by atomic mass is 35.5. The molecule has 12 heteroatoms. The van der Waals surface area contributed by atoms with E-state index in [0.29, 0.717) is 54.5 Å². The Morgan fingerprint density at radius 1 is 0.889 bits per heavy atom. The second kappa shape index (κ2) is 16.8. The summed E-state index contributed by atoms with van der Waals surface area (Å²) in [5.74, 6) is 2.60. The molecule has 0 saturated carbocycles. The van der Waals surface area contributed by atoms with Crippen LogP contribution in [0.3, 0.4) is 0 Å². The fourth-order valence-corrected chi connectivity index (χ4v) is 6.71. The SMILES string of the molecule is COc1ccc(COc2cccc(Cn3cc(-c4nc(Nc5ccc(N(C)CCN(C)C)cc5OC)ncc4Cl)c4ccccc43)c2C2OCCO2)cc1. The van der Waals surface area contributed by atoms with E-state index >= 15 is 0 Å². The summed E-state index contributed by atoms with van der Waals surface area (Å²) in [5.41, 5.74) is 7.23. The number of para-hydroxylation sites is 1. The molecule has 0 unspecified atom stereocenters. The third-order valence-corrected chi connectivity index (χ3v) is 9.73. The van der Waals surface area contributed by atoms with Crippen LogP contribution in [0.2, 0.25) is 5.02 Å². The fraction of sp³-hybridized carbons (Fsp3) is 0.286. The predicted octanol–water partition coefficient (Wildman–Crippen LogP) is 8.18. The van der Waals surface area contributed by atoms with Crippen molar-refractivity contribution in [2.45, 2.75) is 19.4 Å². The van der Waals surface area contributed by atoms with Crippen LogP contribution in [0.4, 0.5) is 17.3 Å². The topological polar surface area (TPSA) is 95.4 Å². The number of nitrogens with one attached hydrogen (secondary N) is 1. The number of rotatable bonds is 15. The molecule has 280 valence electrons. The highest BCUT2D eigenvalue weighted by Crippen LogP contribution is 2.39. The third-order valence-electron chi connectivity index (χ3n) is 9.45. The molecule has 2 aromatic heterocycles. The summed E-state index contributed by atoms with van der Waals surface area (Å²) >= 11 is 6.85. The van der Waals surface area contributed by atoms with Crippen LogP contribution in [0, 0.1) is 0 Å². The summed E-state index contributed by atoms with van der Waals surface area (Å²) in [6.07, 6.45) is 3.18. The molecule has 0 atom stereocenters. The van der Waals surface area contributed by atoms with E-state index < -0.39 is 6.29 Å². The maximum Gasteiger partial charge on any atom is 0.227 e. The normalized spacial score (nSPS) is 13.1. The van der Waals surface area contributed by atoms with Gasteiger partial charge in [0.15, 0.2) is 6.29 Å². The number of anilines is 3. The van der Waals surface area contributed by atoms with Gasteiger partial charge in [0.2, 0.25) is 5.95 Å². The van der Waals surface area contributed by atoms with Crippen LogP contribution >= 0.6 is 11.6 Å². The minimum atomic E-state index is -0.539. The first kappa shape index (κ1) is 37.0. The number of halogens is 1. The summed E-state index contributed by atoms with van der Waals surface area (Å²) in [5, 5.41) is 4.81. The van der Waals surface area contributed by atoms with Gasteiger partial charge in [-0.15, -0.1) is 0 Å². The van der Waals surface area contributed by atoms with E-state index in [9.17, 15) is 0 Å². The first-order valence-corrected chi connectivity index (χ1v) is 18.2. The zero-order chi connectivity index (χ0) is 37.6. The lowest BCUT2D eigenvalue weighted by atomic mass is 10.1. The van der Waals surface area contributed by atoms with Gasteiger partial charge in [-0.05, 0) is 61.6 Å². The number of nitrogens with zero attached hydrogens (tertiary/aromatic N) is 5. The van der Waals surface area contributed by atoms with Gasteiger partial charge >= 0.3 is 0 Å². The van der Waals surface area contributed by atoms with Gasteiger partial charge < -0.3 is 43.4 Å². The Hall–Kier alpha value is -5.33. The molecule has 6 aromatic rings. The zero-order valence-corrected chi connectivity index (χ0v) is 32.0. The van der Waals surface area contributed by atoms with Crippen LogP contribution in [-0.4, -0.2) is 81.1 Å². The Bertz CT molecular complexity index is 2200.